The molecule has 0 aliphatic heterocycles. The maximum absolute atomic E-state index is 13.4. The van der Waals surface area contributed by atoms with Gasteiger partial charge in [-0.2, -0.15) is 0 Å². The lowest BCUT2D eigenvalue weighted by Crippen LogP contribution is -2.03. The molecule has 0 fully saturated rings. The van der Waals surface area contributed by atoms with Crippen LogP contribution in [0.2, 0.25) is 0 Å². The molecule has 0 aliphatic carbocycles. The van der Waals surface area contributed by atoms with Crippen LogP contribution in [0.5, 0.6) is 5.75 Å². The van der Waals surface area contributed by atoms with Gasteiger partial charge in [-0.3, -0.25) is 14.9 Å². The Hall–Kier alpha value is -1.98. The highest BCUT2D eigenvalue weighted by Crippen LogP contribution is 2.22. The molecule has 1 aromatic carbocycles. The predicted molar refractivity (Wildman–Crippen MR) is 63.1 cm³/mol. The second-order valence-corrected chi connectivity index (χ2v) is 3.72. The normalized spacial score (nSPS) is 10.1. The van der Waals surface area contributed by atoms with Crippen molar-refractivity contribution in [1.29, 1.82) is 0 Å². The van der Waals surface area contributed by atoms with Crippen LogP contribution in [0.25, 0.3) is 0 Å². The highest BCUT2D eigenvalue weighted by atomic mass is 19.1. The average Bonchev–Trinajstić information content (AvgIpc) is 2.35. The number of ether oxygens (including phenoxy) is 1. The molecule has 0 N–H and O–H groups in total. The number of carbonyl (C=O) groups is 1. The number of ketones is 1. The number of carbonyl (C=O) groups excluding carboxylic acids is 1. The van der Waals surface area contributed by atoms with E-state index in [0.717, 1.165) is 6.07 Å². The third-order valence-electron chi connectivity index (χ3n) is 2.38. The van der Waals surface area contributed by atoms with Crippen LogP contribution in [0.1, 0.15) is 26.2 Å². The molecule has 5 nitrogen and oxygen atoms in total. The Kier molecular flexibility index (Phi) is 5.23. The Morgan fingerprint density at radius 3 is 2.78 bits per heavy atom. The summed E-state index contributed by atoms with van der Waals surface area (Å²) in [6, 6.07) is 3.21. The Balaban J connectivity index is 2.48. The average molecular weight is 255 g/mol. The predicted octanol–water partition coefficient (Wildman–Crippen LogP) is 2.87. The molecule has 0 aromatic heterocycles. The van der Waals surface area contributed by atoms with Crippen LogP contribution >= 0.6 is 0 Å². The monoisotopic (exact) mass is 255 g/mol. The van der Waals surface area contributed by atoms with Crippen molar-refractivity contribution in [3.05, 3.63) is 34.1 Å². The summed E-state index contributed by atoms with van der Waals surface area (Å²) in [4.78, 5) is 20.7. The van der Waals surface area contributed by atoms with Gasteiger partial charge in [0.15, 0.2) is 11.6 Å². The van der Waals surface area contributed by atoms with Crippen LogP contribution in [0.4, 0.5) is 10.1 Å². The van der Waals surface area contributed by atoms with E-state index in [0.29, 0.717) is 19.3 Å². The third-order valence-corrected chi connectivity index (χ3v) is 2.38. The van der Waals surface area contributed by atoms with Crippen LogP contribution < -0.4 is 4.74 Å². The van der Waals surface area contributed by atoms with E-state index >= 15 is 0 Å². The number of non-ortho nitro benzene ring substituents is 1. The molecular weight excluding hydrogens is 241 g/mol. The fraction of sp³-hybridized carbons (Fsp3) is 0.417. The molecular formula is C12H14FNO4. The van der Waals surface area contributed by atoms with Crippen molar-refractivity contribution in [3.63, 3.8) is 0 Å². The van der Waals surface area contributed by atoms with Gasteiger partial charge in [-0.25, -0.2) is 4.39 Å². The first-order valence-electron chi connectivity index (χ1n) is 5.63. The molecule has 0 amide bonds. The molecule has 0 heterocycles. The van der Waals surface area contributed by atoms with Crippen LogP contribution in [-0.2, 0) is 4.79 Å². The number of rotatable bonds is 7. The van der Waals surface area contributed by atoms with Gasteiger partial charge in [-0.1, -0.05) is 6.92 Å². The number of nitro groups is 1. The van der Waals surface area contributed by atoms with Gasteiger partial charge in [-0.15, -0.1) is 0 Å². The van der Waals surface area contributed by atoms with E-state index in [4.69, 9.17) is 4.74 Å². The zero-order chi connectivity index (χ0) is 13.5. The number of nitrogens with zero attached hydrogens (tertiary/aromatic N) is 1. The van der Waals surface area contributed by atoms with E-state index in [1.54, 1.807) is 6.92 Å². The first kappa shape index (κ1) is 14.1. The standard InChI is InChI=1S/C12H14FNO4/c1-2-10(15)4-3-7-18-12-6-5-9(14(16)17)8-11(12)13/h5-6,8H,2-4,7H2,1H3. The molecule has 0 spiro atoms. The van der Waals surface area contributed by atoms with Crippen molar-refractivity contribution in [2.45, 2.75) is 26.2 Å². The third kappa shape index (κ3) is 4.12. The van der Waals surface area contributed by atoms with Gasteiger partial charge in [0.1, 0.15) is 5.78 Å². The zero-order valence-corrected chi connectivity index (χ0v) is 10.0. The van der Waals surface area contributed by atoms with Crippen molar-refractivity contribution in [3.8, 4) is 5.75 Å². The number of hydrogen-bond donors (Lipinski definition) is 0. The van der Waals surface area contributed by atoms with Crippen molar-refractivity contribution in [2.75, 3.05) is 6.61 Å². The lowest BCUT2D eigenvalue weighted by atomic mass is 10.2. The first-order valence-corrected chi connectivity index (χ1v) is 5.63. The fourth-order valence-electron chi connectivity index (χ4n) is 1.35. The molecule has 98 valence electrons. The van der Waals surface area contributed by atoms with E-state index in [1.165, 1.54) is 12.1 Å². The molecule has 1 rings (SSSR count). The van der Waals surface area contributed by atoms with Crippen LogP contribution in [0, 0.1) is 15.9 Å². The van der Waals surface area contributed by atoms with Crippen LogP contribution in [0.3, 0.4) is 0 Å². The molecule has 0 atom stereocenters. The van der Waals surface area contributed by atoms with Gasteiger partial charge in [-0.05, 0) is 12.5 Å². The minimum Gasteiger partial charge on any atom is -0.490 e. The largest absolute Gasteiger partial charge is 0.490 e. The summed E-state index contributed by atoms with van der Waals surface area (Å²) in [5.41, 5.74) is -0.319. The number of Topliss-reactive ketones (excluding diaryl/α,β-unsaturated/α-hetero) is 1. The second kappa shape index (κ2) is 6.68. The molecule has 18 heavy (non-hydrogen) atoms. The SMILES string of the molecule is CCC(=O)CCCOc1ccc([N+](=O)[O-])cc1F. The van der Waals surface area contributed by atoms with Gasteiger partial charge < -0.3 is 4.74 Å². The molecule has 6 heteroatoms. The number of benzene rings is 1. The smallest absolute Gasteiger partial charge is 0.272 e. The van der Waals surface area contributed by atoms with Crippen molar-refractivity contribution >= 4 is 11.5 Å². The first-order chi connectivity index (χ1) is 8.54. The molecule has 0 bridgehead atoms. The number of halogens is 1. The second-order valence-electron chi connectivity index (χ2n) is 3.72. The van der Waals surface area contributed by atoms with E-state index in [2.05, 4.69) is 0 Å². The number of nitro benzene ring substituents is 1. The topological polar surface area (TPSA) is 69.4 Å². The summed E-state index contributed by atoms with van der Waals surface area (Å²) < 4.78 is 18.5. The highest BCUT2D eigenvalue weighted by Gasteiger charge is 2.11. The van der Waals surface area contributed by atoms with E-state index in [-0.39, 0.29) is 23.8 Å². The summed E-state index contributed by atoms with van der Waals surface area (Å²) in [7, 11) is 0. The molecule has 1 aromatic rings. The van der Waals surface area contributed by atoms with Gasteiger partial charge >= 0.3 is 0 Å². The molecule has 0 saturated heterocycles. The maximum atomic E-state index is 13.4. The van der Waals surface area contributed by atoms with Crippen molar-refractivity contribution in [1.82, 2.24) is 0 Å². The molecule has 0 aliphatic rings. The van der Waals surface area contributed by atoms with E-state index < -0.39 is 10.7 Å². The van der Waals surface area contributed by atoms with Crippen LogP contribution in [0.15, 0.2) is 18.2 Å². The van der Waals surface area contributed by atoms with Crippen molar-refractivity contribution in [2.24, 2.45) is 0 Å². The Labute approximate surface area is 104 Å². The van der Waals surface area contributed by atoms with Gasteiger partial charge in [0.2, 0.25) is 0 Å². The molecule has 0 saturated carbocycles. The summed E-state index contributed by atoms with van der Waals surface area (Å²) >= 11 is 0. The molecule has 0 radical (unpaired) electrons. The maximum Gasteiger partial charge on any atom is 0.272 e. The Morgan fingerprint density at radius 1 is 1.50 bits per heavy atom. The van der Waals surface area contributed by atoms with Crippen LogP contribution in [-0.4, -0.2) is 17.3 Å². The fourth-order valence-corrected chi connectivity index (χ4v) is 1.35. The lowest BCUT2D eigenvalue weighted by molar-refractivity contribution is -0.385. The Bertz CT molecular complexity index is 448. The highest BCUT2D eigenvalue weighted by molar-refractivity contribution is 5.77. The van der Waals surface area contributed by atoms with Gasteiger partial charge in [0.05, 0.1) is 17.6 Å². The van der Waals surface area contributed by atoms with E-state index in [1.807, 2.05) is 0 Å². The molecule has 0 unspecified atom stereocenters. The van der Waals surface area contributed by atoms with Gasteiger partial charge in [0, 0.05) is 18.9 Å². The summed E-state index contributed by atoms with van der Waals surface area (Å²) in [6.07, 6.45) is 1.38. The summed E-state index contributed by atoms with van der Waals surface area (Å²) in [5, 5.41) is 10.4. The number of hydrogen-bond acceptors (Lipinski definition) is 4. The van der Waals surface area contributed by atoms with Gasteiger partial charge in [0.25, 0.3) is 5.69 Å². The zero-order valence-electron chi connectivity index (χ0n) is 10.0. The summed E-state index contributed by atoms with van der Waals surface area (Å²) in [5.74, 6) is -0.682. The minimum absolute atomic E-state index is 0.0375. The van der Waals surface area contributed by atoms with Crippen molar-refractivity contribution < 1.29 is 18.8 Å². The minimum atomic E-state index is -0.772. The summed E-state index contributed by atoms with van der Waals surface area (Å²) in [6.45, 7) is 1.99. The lowest BCUT2D eigenvalue weighted by Gasteiger charge is -2.06. The van der Waals surface area contributed by atoms with E-state index in [9.17, 15) is 19.3 Å². The quantitative estimate of drug-likeness (QED) is 0.426. The Morgan fingerprint density at radius 2 is 2.22 bits per heavy atom.